The van der Waals surface area contributed by atoms with E-state index in [0.29, 0.717) is 0 Å². The molecule has 15 heavy (non-hydrogen) atoms. The van der Waals surface area contributed by atoms with Gasteiger partial charge in [0.05, 0.1) is 0 Å². The first-order valence-electron chi connectivity index (χ1n) is 5.64. The lowest BCUT2D eigenvalue weighted by atomic mass is 10.0. The lowest BCUT2D eigenvalue weighted by molar-refractivity contribution is 0.313. The molecular weight excluding hydrogens is 184 g/mol. The van der Waals surface area contributed by atoms with Gasteiger partial charge in [-0.05, 0) is 38.1 Å². The number of rotatable bonds is 5. The van der Waals surface area contributed by atoms with Gasteiger partial charge in [0.2, 0.25) is 0 Å². The van der Waals surface area contributed by atoms with E-state index in [0.717, 1.165) is 13.1 Å². The van der Waals surface area contributed by atoms with Gasteiger partial charge in [-0.2, -0.15) is 0 Å². The molecule has 1 atom stereocenters. The monoisotopic (exact) mass is 206 g/mol. The Kier molecular flexibility index (Phi) is 4.79. The van der Waals surface area contributed by atoms with E-state index in [9.17, 15) is 0 Å². The number of hydrogen-bond donors (Lipinski definition) is 1. The van der Waals surface area contributed by atoms with Gasteiger partial charge in [0.25, 0.3) is 0 Å². The zero-order chi connectivity index (χ0) is 11.3. The van der Waals surface area contributed by atoms with E-state index in [-0.39, 0.29) is 6.04 Å². The second-order valence-corrected chi connectivity index (χ2v) is 4.23. The molecule has 84 valence electrons. The maximum absolute atomic E-state index is 6.19. The van der Waals surface area contributed by atoms with Crippen LogP contribution in [0.25, 0.3) is 0 Å². The third-order valence-electron chi connectivity index (χ3n) is 2.70. The van der Waals surface area contributed by atoms with E-state index in [1.54, 1.807) is 0 Å². The highest BCUT2D eigenvalue weighted by atomic mass is 15.1. The number of aryl methyl sites for hydroxylation is 1. The number of hydrogen-bond acceptors (Lipinski definition) is 2. The lowest BCUT2D eigenvalue weighted by Crippen LogP contribution is -2.30. The van der Waals surface area contributed by atoms with Crippen LogP contribution in [0, 0.1) is 6.92 Å². The van der Waals surface area contributed by atoms with Crippen LogP contribution < -0.4 is 5.73 Å². The molecule has 0 aromatic heterocycles. The van der Waals surface area contributed by atoms with Gasteiger partial charge in [0.15, 0.2) is 0 Å². The highest BCUT2D eigenvalue weighted by Gasteiger charge is 2.10. The molecule has 0 aliphatic carbocycles. The smallest absolute Gasteiger partial charge is 0.0426 e. The van der Waals surface area contributed by atoms with Crippen molar-refractivity contribution in [3.05, 3.63) is 35.4 Å². The minimum Gasteiger partial charge on any atom is -0.323 e. The number of likely N-dealkylation sites (N-methyl/N-ethyl adjacent to an activating group) is 1. The molecule has 0 heterocycles. The summed E-state index contributed by atoms with van der Waals surface area (Å²) in [5, 5.41) is 0. The van der Waals surface area contributed by atoms with E-state index in [1.165, 1.54) is 17.5 Å². The molecule has 0 radical (unpaired) electrons. The minimum absolute atomic E-state index is 0.128. The first-order chi connectivity index (χ1) is 7.15. The molecule has 0 saturated carbocycles. The maximum atomic E-state index is 6.19. The van der Waals surface area contributed by atoms with Crippen LogP contribution in [0.2, 0.25) is 0 Å². The summed E-state index contributed by atoms with van der Waals surface area (Å²) in [5.41, 5.74) is 8.74. The minimum atomic E-state index is 0.128. The summed E-state index contributed by atoms with van der Waals surface area (Å²) in [4.78, 5) is 2.29. The van der Waals surface area contributed by atoms with Crippen molar-refractivity contribution in [2.45, 2.75) is 26.3 Å². The molecule has 0 saturated heterocycles. The second kappa shape index (κ2) is 5.89. The summed E-state index contributed by atoms with van der Waals surface area (Å²) in [5.74, 6) is 0. The van der Waals surface area contributed by atoms with Gasteiger partial charge in [-0.3, -0.25) is 0 Å². The average Bonchev–Trinajstić information content (AvgIpc) is 2.18. The molecule has 1 aromatic rings. The SMILES string of the molecule is CCCN(C)CC(N)c1ccccc1C. The van der Waals surface area contributed by atoms with E-state index in [4.69, 9.17) is 5.73 Å². The number of benzene rings is 1. The van der Waals surface area contributed by atoms with Gasteiger partial charge < -0.3 is 10.6 Å². The summed E-state index contributed by atoms with van der Waals surface area (Å²) >= 11 is 0. The molecule has 0 amide bonds. The van der Waals surface area contributed by atoms with Crippen LogP contribution in [-0.4, -0.2) is 25.0 Å². The van der Waals surface area contributed by atoms with Crippen molar-refractivity contribution < 1.29 is 0 Å². The van der Waals surface area contributed by atoms with Gasteiger partial charge in [0.1, 0.15) is 0 Å². The molecule has 2 N–H and O–H groups in total. The third-order valence-corrected chi connectivity index (χ3v) is 2.70. The van der Waals surface area contributed by atoms with Crippen molar-refractivity contribution in [3.63, 3.8) is 0 Å². The van der Waals surface area contributed by atoms with E-state index in [1.807, 2.05) is 0 Å². The van der Waals surface area contributed by atoms with E-state index < -0.39 is 0 Å². The summed E-state index contributed by atoms with van der Waals surface area (Å²) in [6.45, 7) is 6.35. The zero-order valence-electron chi connectivity index (χ0n) is 10.0. The van der Waals surface area contributed by atoms with Gasteiger partial charge in [0, 0.05) is 12.6 Å². The molecule has 0 spiro atoms. The molecule has 0 fully saturated rings. The molecule has 1 unspecified atom stereocenters. The summed E-state index contributed by atoms with van der Waals surface area (Å²) in [7, 11) is 2.13. The fourth-order valence-corrected chi connectivity index (χ4v) is 1.91. The Balaban J connectivity index is 2.61. The zero-order valence-corrected chi connectivity index (χ0v) is 10.0. The van der Waals surface area contributed by atoms with Crippen LogP contribution in [-0.2, 0) is 0 Å². The second-order valence-electron chi connectivity index (χ2n) is 4.23. The van der Waals surface area contributed by atoms with Crippen LogP contribution in [0.4, 0.5) is 0 Å². The third kappa shape index (κ3) is 3.65. The quantitative estimate of drug-likeness (QED) is 0.801. The van der Waals surface area contributed by atoms with Crippen molar-refractivity contribution in [3.8, 4) is 0 Å². The Hall–Kier alpha value is -0.860. The van der Waals surface area contributed by atoms with E-state index in [2.05, 4.69) is 50.1 Å². The molecule has 0 aliphatic heterocycles. The highest BCUT2D eigenvalue weighted by Crippen LogP contribution is 2.15. The largest absolute Gasteiger partial charge is 0.323 e. The standard InChI is InChI=1S/C13H22N2/c1-4-9-15(3)10-13(14)12-8-6-5-7-11(12)2/h5-8,13H,4,9-10,14H2,1-3H3. The number of nitrogens with two attached hydrogens (primary N) is 1. The van der Waals surface area contributed by atoms with Crippen LogP contribution in [0.1, 0.15) is 30.5 Å². The molecule has 1 rings (SSSR count). The van der Waals surface area contributed by atoms with Crippen molar-refractivity contribution in [2.24, 2.45) is 5.73 Å². The Morgan fingerprint density at radius 1 is 1.33 bits per heavy atom. The Labute approximate surface area is 93.1 Å². The van der Waals surface area contributed by atoms with Crippen molar-refractivity contribution in [1.82, 2.24) is 4.90 Å². The molecule has 1 aromatic carbocycles. The average molecular weight is 206 g/mol. The van der Waals surface area contributed by atoms with Gasteiger partial charge in [-0.1, -0.05) is 31.2 Å². The maximum Gasteiger partial charge on any atom is 0.0426 e. The summed E-state index contributed by atoms with van der Waals surface area (Å²) in [6, 6.07) is 8.49. The van der Waals surface area contributed by atoms with Crippen LogP contribution in [0.15, 0.2) is 24.3 Å². The molecular formula is C13H22N2. The van der Waals surface area contributed by atoms with Gasteiger partial charge >= 0.3 is 0 Å². The first kappa shape index (κ1) is 12.2. The summed E-state index contributed by atoms with van der Waals surface area (Å²) in [6.07, 6.45) is 1.18. The molecule has 2 nitrogen and oxygen atoms in total. The first-order valence-corrected chi connectivity index (χ1v) is 5.64. The van der Waals surface area contributed by atoms with Gasteiger partial charge in [-0.15, -0.1) is 0 Å². The van der Waals surface area contributed by atoms with Crippen molar-refractivity contribution in [2.75, 3.05) is 20.1 Å². The van der Waals surface area contributed by atoms with E-state index >= 15 is 0 Å². The summed E-state index contributed by atoms with van der Waals surface area (Å²) < 4.78 is 0. The topological polar surface area (TPSA) is 29.3 Å². The predicted molar refractivity (Wildman–Crippen MR) is 65.9 cm³/mol. The lowest BCUT2D eigenvalue weighted by Gasteiger charge is -2.22. The Bertz CT molecular complexity index is 296. The normalized spacial score (nSPS) is 13.1. The highest BCUT2D eigenvalue weighted by molar-refractivity contribution is 5.28. The fraction of sp³-hybridized carbons (Fsp3) is 0.538. The van der Waals surface area contributed by atoms with Crippen LogP contribution in [0.5, 0.6) is 0 Å². The predicted octanol–water partition coefficient (Wildman–Crippen LogP) is 2.34. The Morgan fingerprint density at radius 2 is 2.00 bits per heavy atom. The van der Waals surface area contributed by atoms with Crippen LogP contribution >= 0.6 is 0 Å². The van der Waals surface area contributed by atoms with Crippen LogP contribution in [0.3, 0.4) is 0 Å². The molecule has 0 bridgehead atoms. The molecule has 0 aliphatic rings. The van der Waals surface area contributed by atoms with Crippen molar-refractivity contribution in [1.29, 1.82) is 0 Å². The molecule has 2 heteroatoms. The fourth-order valence-electron chi connectivity index (χ4n) is 1.91. The van der Waals surface area contributed by atoms with Gasteiger partial charge in [-0.25, -0.2) is 0 Å². The van der Waals surface area contributed by atoms with Crippen molar-refractivity contribution >= 4 is 0 Å². The Morgan fingerprint density at radius 3 is 2.60 bits per heavy atom. The number of nitrogens with zero attached hydrogens (tertiary/aromatic N) is 1.